The highest BCUT2D eigenvalue weighted by Gasteiger charge is 2.67. The number of aryl methyl sites for hydroxylation is 1. The van der Waals surface area contributed by atoms with Crippen LogP contribution in [0.25, 0.3) is 0 Å². The molecule has 0 aliphatic heterocycles. The van der Waals surface area contributed by atoms with Crippen LogP contribution in [0.2, 0.25) is 0 Å². The molecule has 0 saturated heterocycles. The van der Waals surface area contributed by atoms with Gasteiger partial charge in [-0.25, -0.2) is 0 Å². The van der Waals surface area contributed by atoms with E-state index in [9.17, 15) is 4.79 Å². The molecule has 1 aromatic carbocycles. The lowest BCUT2D eigenvalue weighted by Crippen LogP contribution is -2.41. The van der Waals surface area contributed by atoms with Gasteiger partial charge in [0.25, 0.3) is 0 Å². The summed E-state index contributed by atoms with van der Waals surface area (Å²) in [6.45, 7) is 9.50. The van der Waals surface area contributed by atoms with E-state index in [2.05, 4.69) is 55.2 Å². The van der Waals surface area contributed by atoms with Crippen molar-refractivity contribution in [3.8, 4) is 0 Å². The standard InChI is InChI=1S/C22H29N3O2/c1-5-25(13-18-23-19(27-24-18)16-7-6-8-16)20(26)22(14-21(22,3)4)17-11-9-15(2)10-12-17/h9-12,16H,5-8,13-14H2,1-4H3. The molecule has 5 heteroatoms. The molecule has 0 radical (unpaired) electrons. The van der Waals surface area contributed by atoms with Crippen molar-refractivity contribution in [2.45, 2.75) is 71.3 Å². The van der Waals surface area contributed by atoms with Crippen molar-refractivity contribution >= 4 is 5.91 Å². The van der Waals surface area contributed by atoms with Gasteiger partial charge in [-0.05, 0) is 44.1 Å². The maximum Gasteiger partial charge on any atom is 0.234 e. The fourth-order valence-electron chi connectivity index (χ4n) is 4.36. The van der Waals surface area contributed by atoms with Crippen LogP contribution in [-0.4, -0.2) is 27.5 Å². The minimum absolute atomic E-state index is 0.0406. The molecule has 2 fully saturated rings. The molecule has 1 heterocycles. The fourth-order valence-corrected chi connectivity index (χ4v) is 4.36. The lowest BCUT2D eigenvalue weighted by molar-refractivity contribution is -0.135. The van der Waals surface area contributed by atoms with Gasteiger partial charge in [0.2, 0.25) is 11.8 Å². The summed E-state index contributed by atoms with van der Waals surface area (Å²) in [6.07, 6.45) is 4.36. The normalized spacial score (nSPS) is 23.7. The van der Waals surface area contributed by atoms with Gasteiger partial charge in [0, 0.05) is 12.5 Å². The predicted molar refractivity (Wildman–Crippen MR) is 103 cm³/mol. The van der Waals surface area contributed by atoms with E-state index in [0.717, 1.165) is 30.7 Å². The van der Waals surface area contributed by atoms with Gasteiger partial charge in [0.15, 0.2) is 5.82 Å². The van der Waals surface area contributed by atoms with Crippen LogP contribution < -0.4 is 0 Å². The van der Waals surface area contributed by atoms with E-state index >= 15 is 0 Å². The molecular formula is C22H29N3O2. The van der Waals surface area contributed by atoms with Gasteiger partial charge in [-0.2, -0.15) is 4.98 Å². The molecule has 144 valence electrons. The minimum atomic E-state index is -0.447. The fraction of sp³-hybridized carbons (Fsp3) is 0.591. The summed E-state index contributed by atoms with van der Waals surface area (Å²) < 4.78 is 5.43. The molecule has 2 aliphatic rings. The molecule has 2 aromatic rings. The summed E-state index contributed by atoms with van der Waals surface area (Å²) in [7, 11) is 0. The SMILES string of the molecule is CCN(Cc1noc(C2CCC2)n1)C(=O)C1(c2ccc(C)cc2)CC1(C)C. The Bertz CT molecular complexity index is 835. The highest BCUT2D eigenvalue weighted by Crippen LogP contribution is 2.65. The molecule has 2 saturated carbocycles. The zero-order chi connectivity index (χ0) is 19.2. The van der Waals surface area contributed by atoms with Crippen LogP contribution in [-0.2, 0) is 16.8 Å². The van der Waals surface area contributed by atoms with Crippen molar-refractivity contribution in [3.05, 3.63) is 47.1 Å². The van der Waals surface area contributed by atoms with E-state index in [-0.39, 0.29) is 11.3 Å². The molecular weight excluding hydrogens is 338 g/mol. The quantitative estimate of drug-likeness (QED) is 0.761. The Labute approximate surface area is 161 Å². The first-order valence-corrected chi connectivity index (χ1v) is 10.1. The number of amides is 1. The number of aromatic nitrogens is 2. The van der Waals surface area contributed by atoms with E-state index in [0.29, 0.717) is 24.8 Å². The second-order valence-electron chi connectivity index (χ2n) is 8.83. The van der Waals surface area contributed by atoms with E-state index in [1.54, 1.807) is 0 Å². The summed E-state index contributed by atoms with van der Waals surface area (Å²) in [5.74, 6) is 1.94. The highest BCUT2D eigenvalue weighted by atomic mass is 16.5. The number of likely N-dealkylation sites (N-methyl/N-ethyl adjacent to an activating group) is 1. The Morgan fingerprint density at radius 3 is 2.44 bits per heavy atom. The number of hydrogen-bond acceptors (Lipinski definition) is 4. The average Bonchev–Trinajstić information content (AvgIpc) is 2.94. The Kier molecular flexibility index (Phi) is 4.36. The smallest absolute Gasteiger partial charge is 0.234 e. The van der Waals surface area contributed by atoms with Crippen molar-refractivity contribution < 1.29 is 9.32 Å². The number of carbonyl (C=O) groups is 1. The first kappa shape index (κ1) is 18.2. The Hall–Kier alpha value is -2.17. The van der Waals surface area contributed by atoms with Gasteiger partial charge in [-0.15, -0.1) is 0 Å². The van der Waals surface area contributed by atoms with Crippen molar-refractivity contribution in [2.24, 2.45) is 5.41 Å². The molecule has 1 unspecified atom stereocenters. The summed E-state index contributed by atoms with van der Waals surface area (Å²) >= 11 is 0. The molecule has 0 bridgehead atoms. The maximum absolute atomic E-state index is 13.6. The van der Waals surface area contributed by atoms with Crippen LogP contribution in [0.4, 0.5) is 0 Å². The molecule has 1 aromatic heterocycles. The minimum Gasteiger partial charge on any atom is -0.339 e. The number of benzene rings is 1. The van der Waals surface area contributed by atoms with Crippen molar-refractivity contribution in [2.75, 3.05) is 6.54 Å². The second kappa shape index (κ2) is 6.47. The van der Waals surface area contributed by atoms with E-state index < -0.39 is 5.41 Å². The number of nitrogens with zero attached hydrogens (tertiary/aromatic N) is 3. The summed E-state index contributed by atoms with van der Waals surface area (Å²) in [6, 6.07) is 8.41. The first-order chi connectivity index (χ1) is 12.9. The van der Waals surface area contributed by atoms with Crippen LogP contribution in [0.3, 0.4) is 0 Å². The van der Waals surface area contributed by atoms with Gasteiger partial charge in [-0.1, -0.05) is 55.3 Å². The monoisotopic (exact) mass is 367 g/mol. The second-order valence-corrected chi connectivity index (χ2v) is 8.83. The Balaban J connectivity index is 1.56. The Morgan fingerprint density at radius 2 is 1.93 bits per heavy atom. The van der Waals surface area contributed by atoms with E-state index in [4.69, 9.17) is 4.52 Å². The third-order valence-electron chi connectivity index (χ3n) is 6.59. The first-order valence-electron chi connectivity index (χ1n) is 10.1. The van der Waals surface area contributed by atoms with Crippen molar-refractivity contribution in [1.82, 2.24) is 15.0 Å². The molecule has 0 N–H and O–H groups in total. The number of rotatable bonds is 6. The van der Waals surface area contributed by atoms with Crippen molar-refractivity contribution in [3.63, 3.8) is 0 Å². The van der Waals surface area contributed by atoms with Gasteiger partial charge < -0.3 is 9.42 Å². The molecule has 27 heavy (non-hydrogen) atoms. The van der Waals surface area contributed by atoms with Crippen molar-refractivity contribution in [1.29, 1.82) is 0 Å². The third kappa shape index (κ3) is 2.97. The topological polar surface area (TPSA) is 59.2 Å². The maximum atomic E-state index is 13.6. The molecule has 1 amide bonds. The largest absolute Gasteiger partial charge is 0.339 e. The zero-order valence-corrected chi connectivity index (χ0v) is 16.8. The van der Waals surface area contributed by atoms with Crippen LogP contribution >= 0.6 is 0 Å². The van der Waals surface area contributed by atoms with Crippen LogP contribution in [0.15, 0.2) is 28.8 Å². The molecule has 2 aliphatic carbocycles. The van der Waals surface area contributed by atoms with Gasteiger partial charge in [-0.3, -0.25) is 4.79 Å². The predicted octanol–water partition coefficient (Wildman–Crippen LogP) is 4.36. The molecule has 1 atom stereocenters. The summed E-state index contributed by atoms with van der Waals surface area (Å²) in [5.41, 5.74) is 1.84. The average molecular weight is 367 g/mol. The third-order valence-corrected chi connectivity index (χ3v) is 6.59. The highest BCUT2D eigenvalue weighted by molar-refractivity contribution is 5.93. The molecule has 0 spiro atoms. The molecule has 5 nitrogen and oxygen atoms in total. The number of carbonyl (C=O) groups excluding carboxylic acids is 1. The van der Waals surface area contributed by atoms with E-state index in [1.807, 2.05) is 11.8 Å². The van der Waals surface area contributed by atoms with Crippen LogP contribution in [0.1, 0.15) is 75.2 Å². The van der Waals surface area contributed by atoms with Gasteiger partial charge in [0.05, 0.1) is 12.0 Å². The van der Waals surface area contributed by atoms with Crippen LogP contribution in [0, 0.1) is 12.3 Å². The van der Waals surface area contributed by atoms with Gasteiger partial charge >= 0.3 is 0 Å². The van der Waals surface area contributed by atoms with Gasteiger partial charge in [0.1, 0.15) is 0 Å². The lowest BCUT2D eigenvalue weighted by Gasteiger charge is -2.28. The Morgan fingerprint density at radius 1 is 1.26 bits per heavy atom. The zero-order valence-electron chi connectivity index (χ0n) is 16.8. The molecule has 4 rings (SSSR count). The van der Waals surface area contributed by atoms with Crippen LogP contribution in [0.5, 0.6) is 0 Å². The lowest BCUT2D eigenvalue weighted by atomic mass is 9.85. The summed E-state index contributed by atoms with van der Waals surface area (Å²) in [5, 5.41) is 4.13. The number of hydrogen-bond donors (Lipinski definition) is 0. The van der Waals surface area contributed by atoms with E-state index in [1.165, 1.54) is 12.0 Å². The summed E-state index contributed by atoms with van der Waals surface area (Å²) in [4.78, 5) is 20.0.